The van der Waals surface area contributed by atoms with E-state index in [9.17, 15) is 0 Å². The van der Waals surface area contributed by atoms with Gasteiger partial charge in [-0.15, -0.1) is 0 Å². The maximum atomic E-state index is 5.34. The van der Waals surface area contributed by atoms with Crippen molar-refractivity contribution in [2.24, 2.45) is 0 Å². The Kier molecular flexibility index (Phi) is 2.79. The van der Waals surface area contributed by atoms with Gasteiger partial charge in [-0.05, 0) is 32.2 Å². The van der Waals surface area contributed by atoms with E-state index >= 15 is 0 Å². The van der Waals surface area contributed by atoms with Gasteiger partial charge in [0, 0.05) is 6.54 Å². The minimum absolute atomic E-state index is 0.943. The largest absolute Gasteiger partial charge is 0.381 e. The molecule has 0 aromatic rings. The monoisotopic (exact) mass is 167 g/mol. The van der Waals surface area contributed by atoms with Crippen molar-refractivity contribution in [3.05, 3.63) is 11.1 Å². The van der Waals surface area contributed by atoms with Crippen molar-refractivity contribution in [3.63, 3.8) is 0 Å². The maximum absolute atomic E-state index is 5.34. The van der Waals surface area contributed by atoms with Crippen LogP contribution in [0.4, 0.5) is 0 Å². The molecule has 0 amide bonds. The van der Waals surface area contributed by atoms with E-state index in [0.29, 0.717) is 0 Å². The molecule has 2 nitrogen and oxygen atoms in total. The fourth-order valence-corrected chi connectivity index (χ4v) is 2.03. The van der Waals surface area contributed by atoms with Gasteiger partial charge in [-0.1, -0.05) is 11.1 Å². The van der Waals surface area contributed by atoms with E-state index in [-0.39, 0.29) is 0 Å². The molecular formula is C10H17NO. The Bertz CT molecular complexity index is 150. The Morgan fingerprint density at radius 1 is 1.00 bits per heavy atom. The van der Waals surface area contributed by atoms with Crippen molar-refractivity contribution in [1.29, 1.82) is 0 Å². The van der Waals surface area contributed by atoms with Crippen molar-refractivity contribution in [2.45, 2.75) is 25.7 Å². The van der Waals surface area contributed by atoms with Crippen LogP contribution in [0.5, 0.6) is 0 Å². The Balaban J connectivity index is 2.00. The molecule has 0 atom stereocenters. The second-order valence-corrected chi connectivity index (χ2v) is 3.60. The summed E-state index contributed by atoms with van der Waals surface area (Å²) in [4.78, 5) is 0. The average Bonchev–Trinajstić information content (AvgIpc) is 2.21. The van der Waals surface area contributed by atoms with Gasteiger partial charge in [0.1, 0.15) is 0 Å². The van der Waals surface area contributed by atoms with Crippen LogP contribution in [-0.2, 0) is 4.74 Å². The summed E-state index contributed by atoms with van der Waals surface area (Å²) in [6.07, 6.45) is 5.00. The zero-order valence-electron chi connectivity index (χ0n) is 7.57. The van der Waals surface area contributed by atoms with Crippen LogP contribution < -0.4 is 5.32 Å². The Labute approximate surface area is 74.0 Å². The number of hydrogen-bond acceptors (Lipinski definition) is 2. The van der Waals surface area contributed by atoms with Gasteiger partial charge in [0.25, 0.3) is 0 Å². The standard InChI is InChI=1S/C10H17NO/c1-2-10(8-11-5-1)9-3-6-12-7-4-9/h11H,1-8H2. The zero-order valence-corrected chi connectivity index (χ0v) is 7.57. The predicted octanol–water partition coefficient (Wildman–Crippen LogP) is 1.48. The number of hydrogen-bond donors (Lipinski definition) is 1. The number of ether oxygens (including phenoxy) is 1. The molecule has 0 aromatic heterocycles. The molecule has 0 bridgehead atoms. The first-order valence-corrected chi connectivity index (χ1v) is 4.95. The Morgan fingerprint density at radius 3 is 2.50 bits per heavy atom. The van der Waals surface area contributed by atoms with E-state index in [2.05, 4.69) is 5.32 Å². The fourth-order valence-electron chi connectivity index (χ4n) is 2.03. The summed E-state index contributed by atoms with van der Waals surface area (Å²) >= 11 is 0. The molecule has 0 spiro atoms. The van der Waals surface area contributed by atoms with E-state index in [0.717, 1.165) is 19.8 Å². The van der Waals surface area contributed by atoms with Gasteiger partial charge in [0.05, 0.1) is 13.2 Å². The summed E-state index contributed by atoms with van der Waals surface area (Å²) in [6, 6.07) is 0. The highest BCUT2D eigenvalue weighted by Crippen LogP contribution is 2.22. The SMILES string of the molecule is C1CNCC(=C2CCOCC2)C1. The second-order valence-electron chi connectivity index (χ2n) is 3.60. The molecule has 2 heteroatoms. The van der Waals surface area contributed by atoms with E-state index < -0.39 is 0 Å². The number of nitrogens with one attached hydrogen (secondary N) is 1. The van der Waals surface area contributed by atoms with Crippen LogP contribution in [0.15, 0.2) is 11.1 Å². The molecule has 2 fully saturated rings. The lowest BCUT2D eigenvalue weighted by Gasteiger charge is -2.23. The minimum atomic E-state index is 0.943. The topological polar surface area (TPSA) is 21.3 Å². The highest BCUT2D eigenvalue weighted by molar-refractivity contribution is 5.18. The zero-order chi connectivity index (χ0) is 8.23. The van der Waals surface area contributed by atoms with E-state index in [1.54, 1.807) is 11.1 Å². The summed E-state index contributed by atoms with van der Waals surface area (Å²) < 4.78 is 5.34. The molecule has 2 aliphatic rings. The molecule has 2 rings (SSSR count). The summed E-state index contributed by atoms with van der Waals surface area (Å²) in [5.41, 5.74) is 3.35. The van der Waals surface area contributed by atoms with Gasteiger partial charge in [0.15, 0.2) is 0 Å². The van der Waals surface area contributed by atoms with Crippen LogP contribution in [0.3, 0.4) is 0 Å². The molecule has 2 aliphatic heterocycles. The van der Waals surface area contributed by atoms with Crippen molar-refractivity contribution in [1.82, 2.24) is 5.32 Å². The summed E-state index contributed by atoms with van der Waals surface area (Å²) in [5, 5.41) is 3.43. The molecule has 68 valence electrons. The summed E-state index contributed by atoms with van der Waals surface area (Å²) in [6.45, 7) is 4.22. The first kappa shape index (κ1) is 8.27. The van der Waals surface area contributed by atoms with Crippen LogP contribution in [0.2, 0.25) is 0 Å². The number of rotatable bonds is 0. The van der Waals surface area contributed by atoms with Crippen molar-refractivity contribution in [3.8, 4) is 0 Å². The molecule has 0 aromatic carbocycles. The Morgan fingerprint density at radius 2 is 1.83 bits per heavy atom. The van der Waals surface area contributed by atoms with Crippen LogP contribution in [-0.4, -0.2) is 26.3 Å². The molecule has 0 aliphatic carbocycles. The van der Waals surface area contributed by atoms with Crippen molar-refractivity contribution < 1.29 is 4.74 Å². The quantitative estimate of drug-likeness (QED) is 0.552. The third-order valence-electron chi connectivity index (χ3n) is 2.77. The molecule has 0 radical (unpaired) electrons. The van der Waals surface area contributed by atoms with Crippen LogP contribution in [0, 0.1) is 0 Å². The van der Waals surface area contributed by atoms with E-state index in [1.807, 2.05) is 0 Å². The van der Waals surface area contributed by atoms with Gasteiger partial charge in [-0.25, -0.2) is 0 Å². The lowest BCUT2D eigenvalue weighted by atomic mass is 9.95. The lowest BCUT2D eigenvalue weighted by molar-refractivity contribution is 0.118. The van der Waals surface area contributed by atoms with Crippen LogP contribution in [0.25, 0.3) is 0 Å². The van der Waals surface area contributed by atoms with Crippen molar-refractivity contribution >= 4 is 0 Å². The van der Waals surface area contributed by atoms with Crippen LogP contribution in [0.1, 0.15) is 25.7 Å². The first-order chi connectivity index (χ1) is 5.97. The van der Waals surface area contributed by atoms with Gasteiger partial charge < -0.3 is 10.1 Å². The summed E-state index contributed by atoms with van der Waals surface area (Å²) in [7, 11) is 0. The normalized spacial score (nSPS) is 26.0. The van der Waals surface area contributed by atoms with Gasteiger partial charge in [0.2, 0.25) is 0 Å². The molecule has 0 unspecified atom stereocenters. The van der Waals surface area contributed by atoms with Crippen LogP contribution >= 0.6 is 0 Å². The van der Waals surface area contributed by atoms with Gasteiger partial charge in [-0.3, -0.25) is 0 Å². The first-order valence-electron chi connectivity index (χ1n) is 4.95. The highest BCUT2D eigenvalue weighted by atomic mass is 16.5. The third-order valence-corrected chi connectivity index (χ3v) is 2.77. The third kappa shape index (κ3) is 1.87. The molecule has 2 saturated heterocycles. The maximum Gasteiger partial charge on any atom is 0.0503 e. The fraction of sp³-hybridized carbons (Fsp3) is 0.800. The summed E-state index contributed by atoms with van der Waals surface area (Å²) in [5.74, 6) is 0. The lowest BCUT2D eigenvalue weighted by Crippen LogP contribution is -2.26. The molecular weight excluding hydrogens is 150 g/mol. The van der Waals surface area contributed by atoms with E-state index in [4.69, 9.17) is 4.74 Å². The Hall–Kier alpha value is -0.340. The molecule has 2 heterocycles. The van der Waals surface area contributed by atoms with Crippen molar-refractivity contribution in [2.75, 3.05) is 26.3 Å². The smallest absolute Gasteiger partial charge is 0.0503 e. The molecule has 0 saturated carbocycles. The molecule has 12 heavy (non-hydrogen) atoms. The predicted molar refractivity (Wildman–Crippen MR) is 49.2 cm³/mol. The second kappa shape index (κ2) is 4.06. The van der Waals surface area contributed by atoms with E-state index in [1.165, 1.54) is 32.2 Å². The molecule has 1 N–H and O–H groups in total. The minimum Gasteiger partial charge on any atom is -0.381 e. The average molecular weight is 167 g/mol. The van der Waals surface area contributed by atoms with Gasteiger partial charge >= 0.3 is 0 Å². The van der Waals surface area contributed by atoms with Gasteiger partial charge in [-0.2, -0.15) is 0 Å². The highest BCUT2D eigenvalue weighted by Gasteiger charge is 2.13. The number of piperidine rings is 1.